The van der Waals surface area contributed by atoms with Crippen LogP contribution in [-0.4, -0.2) is 10.9 Å². The van der Waals surface area contributed by atoms with Crippen LogP contribution in [0.5, 0.6) is 0 Å². The van der Waals surface area contributed by atoms with Crippen LogP contribution in [0.25, 0.3) is 0 Å². The molecule has 1 amide bonds. The molecule has 0 unspecified atom stereocenters. The second kappa shape index (κ2) is 5.76. The van der Waals surface area contributed by atoms with Gasteiger partial charge in [-0.3, -0.25) is 9.78 Å². The third-order valence-electron chi connectivity index (χ3n) is 2.56. The Bertz CT molecular complexity index is 611. The number of nitrogens with two attached hydrogens (primary N) is 1. The van der Waals surface area contributed by atoms with Gasteiger partial charge in [-0.2, -0.15) is 5.26 Å². The van der Waals surface area contributed by atoms with Gasteiger partial charge in [-0.1, -0.05) is 6.07 Å². The fourth-order valence-corrected chi connectivity index (χ4v) is 1.50. The highest BCUT2D eigenvalue weighted by atomic mass is 16.1. The lowest BCUT2D eigenvalue weighted by Crippen LogP contribution is -2.13. The maximum atomic E-state index is 11.9. The van der Waals surface area contributed by atoms with Crippen molar-refractivity contribution >= 4 is 11.6 Å². The first-order valence-corrected chi connectivity index (χ1v) is 5.69. The normalized spacial score (nSPS) is 9.68. The molecule has 0 saturated heterocycles. The van der Waals surface area contributed by atoms with Crippen LogP contribution in [0.3, 0.4) is 0 Å². The molecule has 5 heteroatoms. The van der Waals surface area contributed by atoms with Crippen LogP contribution in [-0.2, 0) is 6.54 Å². The van der Waals surface area contributed by atoms with Crippen LogP contribution < -0.4 is 11.1 Å². The Morgan fingerprint density at radius 2 is 2.00 bits per heavy atom. The number of nitriles is 1. The smallest absolute Gasteiger partial charge is 0.274 e. The molecule has 0 aliphatic carbocycles. The van der Waals surface area contributed by atoms with Crippen molar-refractivity contribution in [3.8, 4) is 6.07 Å². The van der Waals surface area contributed by atoms with Crippen LogP contribution in [0.4, 0.5) is 5.69 Å². The van der Waals surface area contributed by atoms with Crippen molar-refractivity contribution in [1.82, 2.24) is 4.98 Å². The number of nitrogens with zero attached hydrogens (tertiary/aromatic N) is 2. The summed E-state index contributed by atoms with van der Waals surface area (Å²) in [5, 5.41) is 11.4. The molecule has 94 valence electrons. The number of amides is 1. The lowest BCUT2D eigenvalue weighted by atomic mass is 10.2. The van der Waals surface area contributed by atoms with Gasteiger partial charge >= 0.3 is 0 Å². The van der Waals surface area contributed by atoms with E-state index in [1.807, 2.05) is 6.07 Å². The van der Waals surface area contributed by atoms with Crippen LogP contribution in [0, 0.1) is 11.3 Å². The topological polar surface area (TPSA) is 91.8 Å². The molecule has 2 rings (SSSR count). The second-order valence-corrected chi connectivity index (χ2v) is 3.90. The highest BCUT2D eigenvalue weighted by Gasteiger charge is 2.07. The number of carbonyl (C=O) groups excluding carboxylic acids is 1. The van der Waals surface area contributed by atoms with Crippen molar-refractivity contribution < 1.29 is 4.79 Å². The maximum absolute atomic E-state index is 11.9. The number of rotatable bonds is 3. The third-order valence-corrected chi connectivity index (χ3v) is 2.56. The van der Waals surface area contributed by atoms with Gasteiger partial charge < -0.3 is 11.1 Å². The largest absolute Gasteiger partial charge is 0.326 e. The van der Waals surface area contributed by atoms with E-state index in [-0.39, 0.29) is 5.91 Å². The van der Waals surface area contributed by atoms with E-state index < -0.39 is 0 Å². The van der Waals surface area contributed by atoms with Gasteiger partial charge in [-0.05, 0) is 35.9 Å². The lowest BCUT2D eigenvalue weighted by molar-refractivity contribution is 0.102. The van der Waals surface area contributed by atoms with Crippen molar-refractivity contribution in [1.29, 1.82) is 5.26 Å². The van der Waals surface area contributed by atoms with Crippen LogP contribution in [0.15, 0.2) is 42.6 Å². The SMILES string of the molecule is N#Cc1ccc(NC(=O)c2ccc(CN)cn2)cc1. The number of benzene rings is 1. The Kier molecular flexibility index (Phi) is 3.86. The summed E-state index contributed by atoms with van der Waals surface area (Å²) in [4.78, 5) is 15.9. The minimum absolute atomic E-state index is 0.298. The van der Waals surface area contributed by atoms with E-state index in [0.29, 0.717) is 23.5 Å². The molecule has 1 heterocycles. The zero-order chi connectivity index (χ0) is 13.7. The van der Waals surface area contributed by atoms with Gasteiger partial charge in [0.25, 0.3) is 5.91 Å². The molecule has 2 aromatic rings. The van der Waals surface area contributed by atoms with Crippen LogP contribution in [0.1, 0.15) is 21.6 Å². The predicted octanol–water partition coefficient (Wildman–Crippen LogP) is 1.66. The summed E-state index contributed by atoms with van der Waals surface area (Å²) in [7, 11) is 0. The Hall–Kier alpha value is -2.71. The van der Waals surface area contributed by atoms with Gasteiger partial charge in [0.2, 0.25) is 0 Å². The molecule has 0 aliphatic heterocycles. The molecule has 0 fully saturated rings. The first-order chi connectivity index (χ1) is 9.22. The van der Waals surface area contributed by atoms with E-state index in [0.717, 1.165) is 5.56 Å². The quantitative estimate of drug-likeness (QED) is 0.869. The summed E-state index contributed by atoms with van der Waals surface area (Å²) in [6.45, 7) is 0.393. The average Bonchev–Trinajstić information content (AvgIpc) is 2.48. The fraction of sp³-hybridized carbons (Fsp3) is 0.0714. The van der Waals surface area contributed by atoms with Gasteiger partial charge in [0.05, 0.1) is 11.6 Å². The molecule has 0 bridgehead atoms. The molecule has 1 aromatic heterocycles. The summed E-state index contributed by atoms with van der Waals surface area (Å²) in [6.07, 6.45) is 1.58. The lowest BCUT2D eigenvalue weighted by Gasteiger charge is -2.05. The minimum atomic E-state index is -0.298. The number of hydrogen-bond donors (Lipinski definition) is 2. The highest BCUT2D eigenvalue weighted by molar-refractivity contribution is 6.02. The predicted molar refractivity (Wildman–Crippen MR) is 71.2 cm³/mol. The van der Waals surface area contributed by atoms with E-state index in [2.05, 4.69) is 10.3 Å². The maximum Gasteiger partial charge on any atom is 0.274 e. The van der Waals surface area contributed by atoms with Crippen molar-refractivity contribution in [2.24, 2.45) is 5.73 Å². The molecular formula is C14H12N4O. The first kappa shape index (κ1) is 12.7. The van der Waals surface area contributed by atoms with E-state index in [4.69, 9.17) is 11.0 Å². The zero-order valence-electron chi connectivity index (χ0n) is 10.1. The summed E-state index contributed by atoms with van der Waals surface area (Å²) >= 11 is 0. The van der Waals surface area contributed by atoms with Gasteiger partial charge in [0.1, 0.15) is 5.69 Å². The van der Waals surface area contributed by atoms with Crippen LogP contribution >= 0.6 is 0 Å². The molecule has 19 heavy (non-hydrogen) atoms. The number of nitrogens with one attached hydrogen (secondary N) is 1. The number of pyridine rings is 1. The molecule has 0 aliphatic rings. The molecule has 0 saturated carbocycles. The molecule has 0 radical (unpaired) electrons. The van der Waals surface area contributed by atoms with Crippen LogP contribution in [0.2, 0.25) is 0 Å². The first-order valence-electron chi connectivity index (χ1n) is 5.69. The van der Waals surface area contributed by atoms with E-state index >= 15 is 0 Å². The molecule has 0 atom stereocenters. The number of carbonyl (C=O) groups is 1. The Morgan fingerprint density at radius 3 is 2.53 bits per heavy atom. The molecule has 1 aromatic carbocycles. The third kappa shape index (κ3) is 3.15. The summed E-state index contributed by atoms with van der Waals surface area (Å²) in [5.41, 5.74) is 7.82. The monoisotopic (exact) mass is 252 g/mol. The van der Waals surface area contributed by atoms with Gasteiger partial charge in [-0.15, -0.1) is 0 Å². The van der Waals surface area contributed by atoms with Crippen molar-refractivity contribution in [2.75, 3.05) is 5.32 Å². The summed E-state index contributed by atoms with van der Waals surface area (Å²) < 4.78 is 0. The van der Waals surface area contributed by atoms with E-state index in [1.165, 1.54) is 0 Å². The number of anilines is 1. The van der Waals surface area contributed by atoms with E-state index in [1.54, 1.807) is 42.6 Å². The van der Waals surface area contributed by atoms with Gasteiger partial charge in [0.15, 0.2) is 0 Å². The minimum Gasteiger partial charge on any atom is -0.326 e. The van der Waals surface area contributed by atoms with Crippen molar-refractivity contribution in [3.05, 3.63) is 59.4 Å². The summed E-state index contributed by atoms with van der Waals surface area (Å²) in [5.74, 6) is -0.298. The second-order valence-electron chi connectivity index (χ2n) is 3.90. The Morgan fingerprint density at radius 1 is 1.26 bits per heavy atom. The number of hydrogen-bond acceptors (Lipinski definition) is 4. The standard InChI is InChI=1S/C14H12N4O/c15-7-10-1-4-12(5-2-10)18-14(19)13-6-3-11(8-16)9-17-13/h1-6,9H,8,16H2,(H,18,19). The molecular weight excluding hydrogens is 240 g/mol. The molecule has 0 spiro atoms. The Labute approximate surface area is 110 Å². The van der Waals surface area contributed by atoms with Crippen molar-refractivity contribution in [2.45, 2.75) is 6.54 Å². The molecule has 5 nitrogen and oxygen atoms in total. The highest BCUT2D eigenvalue weighted by Crippen LogP contribution is 2.10. The van der Waals surface area contributed by atoms with Gasteiger partial charge in [0, 0.05) is 18.4 Å². The Balaban J connectivity index is 2.09. The van der Waals surface area contributed by atoms with Crippen molar-refractivity contribution in [3.63, 3.8) is 0 Å². The van der Waals surface area contributed by atoms with Gasteiger partial charge in [-0.25, -0.2) is 0 Å². The van der Waals surface area contributed by atoms with E-state index in [9.17, 15) is 4.79 Å². The summed E-state index contributed by atoms with van der Waals surface area (Å²) in [6, 6.07) is 12.0. The molecule has 3 N–H and O–H groups in total. The average molecular weight is 252 g/mol. The zero-order valence-corrected chi connectivity index (χ0v) is 10.1. The fourth-order valence-electron chi connectivity index (χ4n) is 1.50. The number of aromatic nitrogens is 1.